The Balaban J connectivity index is 1.63. The lowest BCUT2D eigenvalue weighted by Crippen LogP contribution is -2.16. The standard InChI is InChI=1S/C17H19NO4S2/c1-2-21-17(20)15-12-6-3-7-13(12)24-16(15)18-14(19)10-23-9-11-5-4-8-22-11/h4-5,8H,2-3,6-7,9-10H2,1H3,(H,18,19). The van der Waals surface area contributed by atoms with Gasteiger partial charge in [0.25, 0.3) is 0 Å². The van der Waals surface area contributed by atoms with Crippen molar-refractivity contribution in [3.63, 3.8) is 0 Å². The van der Waals surface area contributed by atoms with Gasteiger partial charge in [-0.2, -0.15) is 0 Å². The number of esters is 1. The Morgan fingerprint density at radius 2 is 2.29 bits per heavy atom. The van der Waals surface area contributed by atoms with E-state index in [1.165, 1.54) is 28.0 Å². The van der Waals surface area contributed by atoms with E-state index in [-0.39, 0.29) is 11.9 Å². The molecule has 7 heteroatoms. The quantitative estimate of drug-likeness (QED) is 0.754. The Kier molecular flexibility index (Phi) is 5.63. The van der Waals surface area contributed by atoms with Gasteiger partial charge in [-0.3, -0.25) is 4.79 Å². The number of fused-ring (bicyclic) bond motifs is 1. The summed E-state index contributed by atoms with van der Waals surface area (Å²) in [7, 11) is 0. The van der Waals surface area contributed by atoms with Gasteiger partial charge in [0.15, 0.2) is 0 Å². The zero-order valence-corrected chi connectivity index (χ0v) is 15.1. The first-order valence-electron chi connectivity index (χ1n) is 7.90. The second kappa shape index (κ2) is 7.90. The number of furan rings is 1. The molecule has 0 aliphatic heterocycles. The molecule has 0 bridgehead atoms. The fourth-order valence-electron chi connectivity index (χ4n) is 2.71. The molecule has 0 spiro atoms. The number of thioether (sulfide) groups is 1. The number of carbonyl (C=O) groups is 2. The van der Waals surface area contributed by atoms with Gasteiger partial charge in [0, 0.05) is 4.88 Å². The Morgan fingerprint density at radius 3 is 3.04 bits per heavy atom. The molecule has 0 fully saturated rings. The zero-order valence-electron chi connectivity index (χ0n) is 13.4. The highest BCUT2D eigenvalue weighted by Crippen LogP contribution is 2.39. The first kappa shape index (κ1) is 17.1. The second-order valence-corrected chi connectivity index (χ2v) is 7.49. The average molecular weight is 365 g/mol. The smallest absolute Gasteiger partial charge is 0.341 e. The minimum absolute atomic E-state index is 0.114. The third-order valence-electron chi connectivity index (χ3n) is 3.71. The number of carbonyl (C=O) groups excluding carboxylic acids is 2. The molecule has 0 saturated heterocycles. The van der Waals surface area contributed by atoms with E-state index < -0.39 is 0 Å². The highest BCUT2D eigenvalue weighted by atomic mass is 32.2. The molecule has 24 heavy (non-hydrogen) atoms. The minimum atomic E-state index is -0.338. The fourth-order valence-corrected chi connectivity index (χ4v) is 4.73. The van der Waals surface area contributed by atoms with E-state index in [2.05, 4.69) is 5.32 Å². The van der Waals surface area contributed by atoms with E-state index in [4.69, 9.17) is 9.15 Å². The van der Waals surface area contributed by atoms with Crippen LogP contribution in [0.3, 0.4) is 0 Å². The van der Waals surface area contributed by atoms with Crippen LogP contribution in [0.1, 0.15) is 39.9 Å². The van der Waals surface area contributed by atoms with Crippen molar-refractivity contribution in [1.29, 1.82) is 0 Å². The lowest BCUT2D eigenvalue weighted by molar-refractivity contribution is -0.113. The summed E-state index contributed by atoms with van der Waals surface area (Å²) in [6.45, 7) is 2.11. The zero-order chi connectivity index (χ0) is 16.9. The van der Waals surface area contributed by atoms with Crippen LogP contribution in [0.25, 0.3) is 0 Å². The summed E-state index contributed by atoms with van der Waals surface area (Å²) in [4.78, 5) is 25.6. The van der Waals surface area contributed by atoms with Crippen molar-refractivity contribution in [2.45, 2.75) is 31.9 Å². The molecule has 0 saturated carbocycles. The highest BCUT2D eigenvalue weighted by molar-refractivity contribution is 7.99. The summed E-state index contributed by atoms with van der Waals surface area (Å²) < 4.78 is 10.4. The Labute approximate surface area is 148 Å². The minimum Gasteiger partial charge on any atom is -0.468 e. The Morgan fingerprint density at radius 1 is 1.42 bits per heavy atom. The van der Waals surface area contributed by atoms with E-state index in [1.807, 2.05) is 12.1 Å². The van der Waals surface area contributed by atoms with Gasteiger partial charge >= 0.3 is 5.97 Å². The van der Waals surface area contributed by atoms with Crippen molar-refractivity contribution in [2.24, 2.45) is 0 Å². The molecule has 2 aromatic heterocycles. The van der Waals surface area contributed by atoms with Crippen molar-refractivity contribution in [1.82, 2.24) is 0 Å². The highest BCUT2D eigenvalue weighted by Gasteiger charge is 2.28. The Bertz CT molecular complexity index is 721. The molecule has 1 aliphatic carbocycles. The SMILES string of the molecule is CCOC(=O)c1c(NC(=O)CSCc2ccco2)sc2c1CCC2. The van der Waals surface area contributed by atoms with Gasteiger partial charge in [-0.1, -0.05) is 0 Å². The summed E-state index contributed by atoms with van der Waals surface area (Å²) in [5.74, 6) is 1.35. The number of nitrogens with one attached hydrogen (secondary N) is 1. The summed E-state index contributed by atoms with van der Waals surface area (Å²) in [5.41, 5.74) is 1.61. The summed E-state index contributed by atoms with van der Waals surface area (Å²) in [6, 6.07) is 3.71. The number of amides is 1. The van der Waals surface area contributed by atoms with Gasteiger partial charge in [0.2, 0.25) is 5.91 Å². The van der Waals surface area contributed by atoms with Crippen LogP contribution in [0.15, 0.2) is 22.8 Å². The normalized spacial score (nSPS) is 12.9. The molecule has 0 atom stereocenters. The lowest BCUT2D eigenvalue weighted by Gasteiger charge is -2.07. The maximum atomic E-state index is 12.3. The molecule has 1 amide bonds. The molecule has 1 N–H and O–H groups in total. The number of rotatable bonds is 7. The van der Waals surface area contributed by atoms with E-state index in [1.54, 1.807) is 13.2 Å². The largest absolute Gasteiger partial charge is 0.468 e. The first-order valence-corrected chi connectivity index (χ1v) is 9.87. The second-order valence-electron chi connectivity index (χ2n) is 5.40. The molecule has 128 valence electrons. The average Bonchev–Trinajstić information content (AvgIpc) is 3.24. The molecule has 5 nitrogen and oxygen atoms in total. The van der Waals surface area contributed by atoms with E-state index in [0.717, 1.165) is 30.6 Å². The van der Waals surface area contributed by atoms with Crippen molar-refractivity contribution in [3.8, 4) is 0 Å². The first-order chi connectivity index (χ1) is 11.7. The predicted molar refractivity (Wildman–Crippen MR) is 95.8 cm³/mol. The van der Waals surface area contributed by atoms with Gasteiger partial charge in [-0.15, -0.1) is 23.1 Å². The molecule has 3 rings (SSSR count). The Hall–Kier alpha value is -1.73. The van der Waals surface area contributed by atoms with Gasteiger partial charge in [0.1, 0.15) is 10.8 Å². The van der Waals surface area contributed by atoms with Crippen LogP contribution >= 0.6 is 23.1 Å². The molecule has 0 aromatic carbocycles. The van der Waals surface area contributed by atoms with Crippen molar-refractivity contribution < 1.29 is 18.7 Å². The van der Waals surface area contributed by atoms with Crippen LogP contribution in [0.5, 0.6) is 0 Å². The van der Waals surface area contributed by atoms with Crippen LogP contribution in [0, 0.1) is 0 Å². The molecule has 1 aliphatic rings. The van der Waals surface area contributed by atoms with Crippen LogP contribution in [0.4, 0.5) is 5.00 Å². The fraction of sp³-hybridized carbons (Fsp3) is 0.412. The predicted octanol–water partition coefficient (Wildman–Crippen LogP) is 3.88. The number of ether oxygens (including phenoxy) is 1. The molecular formula is C17H19NO4S2. The number of anilines is 1. The van der Waals surface area contributed by atoms with E-state index >= 15 is 0 Å². The van der Waals surface area contributed by atoms with Crippen LogP contribution < -0.4 is 5.32 Å². The van der Waals surface area contributed by atoms with Crippen molar-refractivity contribution >= 4 is 40.0 Å². The topological polar surface area (TPSA) is 68.5 Å². The molecule has 0 unspecified atom stereocenters. The van der Waals surface area contributed by atoms with Crippen molar-refractivity contribution in [3.05, 3.63) is 40.2 Å². The van der Waals surface area contributed by atoms with Crippen LogP contribution in [0.2, 0.25) is 0 Å². The third kappa shape index (κ3) is 3.84. The molecular weight excluding hydrogens is 346 g/mol. The van der Waals surface area contributed by atoms with Crippen molar-refractivity contribution in [2.75, 3.05) is 17.7 Å². The molecule has 2 heterocycles. The lowest BCUT2D eigenvalue weighted by atomic mass is 10.1. The van der Waals surface area contributed by atoms with Gasteiger partial charge in [0.05, 0.1) is 29.9 Å². The van der Waals surface area contributed by atoms with Gasteiger partial charge in [-0.05, 0) is 43.9 Å². The summed E-state index contributed by atoms with van der Waals surface area (Å²) in [6.07, 6.45) is 4.52. The number of hydrogen-bond acceptors (Lipinski definition) is 6. The summed E-state index contributed by atoms with van der Waals surface area (Å²) in [5, 5.41) is 3.51. The maximum Gasteiger partial charge on any atom is 0.341 e. The van der Waals surface area contributed by atoms with Crippen LogP contribution in [-0.4, -0.2) is 24.2 Å². The van der Waals surface area contributed by atoms with Gasteiger partial charge < -0.3 is 14.5 Å². The summed E-state index contributed by atoms with van der Waals surface area (Å²) >= 11 is 2.98. The number of aryl methyl sites for hydroxylation is 1. The molecule has 2 aromatic rings. The number of thiophene rings is 1. The molecule has 0 radical (unpaired) electrons. The third-order valence-corrected chi connectivity index (χ3v) is 5.87. The maximum absolute atomic E-state index is 12.3. The van der Waals surface area contributed by atoms with Gasteiger partial charge in [-0.25, -0.2) is 4.79 Å². The van der Waals surface area contributed by atoms with E-state index in [0.29, 0.717) is 28.7 Å². The number of hydrogen-bond donors (Lipinski definition) is 1. The van der Waals surface area contributed by atoms with Crippen LogP contribution in [-0.2, 0) is 28.1 Å². The monoisotopic (exact) mass is 365 g/mol. The van der Waals surface area contributed by atoms with E-state index in [9.17, 15) is 9.59 Å².